The number of amides is 1. The molecule has 0 radical (unpaired) electrons. The molecule has 1 atom stereocenters. The zero-order valence-corrected chi connectivity index (χ0v) is 10.7. The summed E-state index contributed by atoms with van der Waals surface area (Å²) in [5.74, 6) is -0.0495. The third-order valence-corrected chi connectivity index (χ3v) is 1.91. The Hall–Kier alpha value is -0.650. The summed E-state index contributed by atoms with van der Waals surface area (Å²) in [6, 6.07) is 0.0146. The van der Waals surface area contributed by atoms with Crippen LogP contribution in [-0.2, 0) is 9.53 Å². The summed E-state index contributed by atoms with van der Waals surface area (Å²) in [5, 5.41) is 14.7. The lowest BCUT2D eigenvalue weighted by molar-refractivity contribution is -0.121. The lowest BCUT2D eigenvalue weighted by Crippen LogP contribution is -2.47. The van der Waals surface area contributed by atoms with Crippen LogP contribution in [0.1, 0.15) is 27.2 Å². The van der Waals surface area contributed by atoms with Crippen LogP contribution in [0.4, 0.5) is 0 Å². The van der Waals surface area contributed by atoms with Crippen LogP contribution in [0.15, 0.2) is 0 Å². The lowest BCUT2D eigenvalue weighted by Gasteiger charge is -2.22. The van der Waals surface area contributed by atoms with E-state index in [1.807, 2.05) is 20.8 Å². The Morgan fingerprint density at radius 2 is 2.06 bits per heavy atom. The second kappa shape index (κ2) is 7.60. The van der Waals surface area contributed by atoms with Crippen molar-refractivity contribution < 1.29 is 14.6 Å². The molecule has 5 nitrogen and oxygen atoms in total. The van der Waals surface area contributed by atoms with Crippen molar-refractivity contribution in [2.45, 2.75) is 38.8 Å². The van der Waals surface area contributed by atoms with Crippen LogP contribution in [0, 0.1) is 0 Å². The largest absolute Gasteiger partial charge is 0.396 e. The normalized spacial score (nSPS) is 13.6. The van der Waals surface area contributed by atoms with E-state index in [-0.39, 0.29) is 30.6 Å². The van der Waals surface area contributed by atoms with Gasteiger partial charge in [0, 0.05) is 25.3 Å². The molecule has 0 saturated heterocycles. The fraction of sp³-hybridized carbons (Fsp3) is 0.909. The molecule has 0 aliphatic rings. The molecule has 0 spiro atoms. The zero-order chi connectivity index (χ0) is 12.6. The van der Waals surface area contributed by atoms with Gasteiger partial charge in [-0.1, -0.05) is 0 Å². The highest BCUT2D eigenvalue weighted by Gasteiger charge is 2.15. The number of rotatable bonds is 7. The van der Waals surface area contributed by atoms with Gasteiger partial charge in [0.15, 0.2) is 0 Å². The molecule has 1 amide bonds. The molecule has 0 fully saturated rings. The average molecular weight is 232 g/mol. The number of carbonyl (C=O) groups excluding carboxylic acids is 1. The van der Waals surface area contributed by atoms with E-state index >= 15 is 0 Å². The molecule has 0 bridgehead atoms. The number of ether oxygens (including phenoxy) is 1. The van der Waals surface area contributed by atoms with Gasteiger partial charge in [-0.05, 0) is 27.2 Å². The number of carbonyl (C=O) groups is 1. The van der Waals surface area contributed by atoms with Crippen molar-refractivity contribution in [2.75, 3.05) is 26.9 Å². The van der Waals surface area contributed by atoms with Gasteiger partial charge < -0.3 is 20.5 Å². The first-order chi connectivity index (χ1) is 7.39. The van der Waals surface area contributed by atoms with E-state index in [9.17, 15) is 4.79 Å². The molecule has 3 N–H and O–H groups in total. The molecule has 0 aliphatic heterocycles. The van der Waals surface area contributed by atoms with Crippen LogP contribution in [0.3, 0.4) is 0 Å². The summed E-state index contributed by atoms with van der Waals surface area (Å²) in [6.07, 6.45) is 0.580. The van der Waals surface area contributed by atoms with Gasteiger partial charge in [-0.2, -0.15) is 0 Å². The fourth-order valence-corrected chi connectivity index (χ4v) is 1.30. The molecule has 0 heterocycles. The molecular formula is C11H24N2O3. The standard InChI is InChI=1S/C11H24N2O3/c1-11(2,3)13-10(15)7-12-9(5-6-14)8-16-4/h9,12,14H,5-8H2,1-4H3,(H,13,15). The van der Waals surface area contributed by atoms with E-state index in [0.717, 1.165) is 0 Å². The fourth-order valence-electron chi connectivity index (χ4n) is 1.30. The molecule has 0 rings (SSSR count). The summed E-state index contributed by atoms with van der Waals surface area (Å²) in [5.41, 5.74) is -0.216. The van der Waals surface area contributed by atoms with E-state index < -0.39 is 0 Å². The molecule has 5 heteroatoms. The smallest absolute Gasteiger partial charge is 0.234 e. The lowest BCUT2D eigenvalue weighted by atomic mass is 10.1. The Morgan fingerprint density at radius 1 is 1.44 bits per heavy atom. The predicted octanol–water partition coefficient (Wildman–Crippen LogP) is -0.112. The quantitative estimate of drug-likeness (QED) is 0.573. The number of aliphatic hydroxyl groups is 1. The van der Waals surface area contributed by atoms with Gasteiger partial charge in [0.25, 0.3) is 0 Å². The molecular weight excluding hydrogens is 208 g/mol. The Bertz CT molecular complexity index is 196. The van der Waals surface area contributed by atoms with Crippen molar-refractivity contribution in [1.29, 1.82) is 0 Å². The number of nitrogens with one attached hydrogen (secondary N) is 2. The molecule has 0 aliphatic carbocycles. The van der Waals surface area contributed by atoms with Crippen molar-refractivity contribution in [3.05, 3.63) is 0 Å². The molecule has 96 valence electrons. The highest BCUT2D eigenvalue weighted by molar-refractivity contribution is 5.78. The minimum atomic E-state index is -0.216. The Kier molecular flexibility index (Phi) is 7.29. The van der Waals surface area contributed by atoms with Gasteiger partial charge in [0.1, 0.15) is 0 Å². The van der Waals surface area contributed by atoms with E-state index in [1.54, 1.807) is 7.11 Å². The summed E-state index contributed by atoms with van der Waals surface area (Å²) >= 11 is 0. The first-order valence-corrected chi connectivity index (χ1v) is 5.53. The predicted molar refractivity (Wildman–Crippen MR) is 63.3 cm³/mol. The Balaban J connectivity index is 3.86. The molecule has 1 unspecified atom stereocenters. The molecule has 0 saturated carbocycles. The van der Waals surface area contributed by atoms with Crippen LogP contribution in [-0.4, -0.2) is 49.5 Å². The molecule has 0 aromatic rings. The van der Waals surface area contributed by atoms with Crippen molar-refractivity contribution in [1.82, 2.24) is 10.6 Å². The number of aliphatic hydroxyl groups excluding tert-OH is 1. The summed E-state index contributed by atoms with van der Waals surface area (Å²) in [4.78, 5) is 11.5. The van der Waals surface area contributed by atoms with E-state index in [1.165, 1.54) is 0 Å². The minimum absolute atomic E-state index is 0.0146. The van der Waals surface area contributed by atoms with Gasteiger partial charge in [0.05, 0.1) is 13.2 Å². The molecule has 16 heavy (non-hydrogen) atoms. The van der Waals surface area contributed by atoms with Gasteiger partial charge in [-0.25, -0.2) is 0 Å². The van der Waals surface area contributed by atoms with Crippen LogP contribution in [0.25, 0.3) is 0 Å². The first-order valence-electron chi connectivity index (χ1n) is 5.53. The third-order valence-electron chi connectivity index (χ3n) is 1.91. The number of hydrogen-bond donors (Lipinski definition) is 3. The van der Waals surface area contributed by atoms with Gasteiger partial charge in [-0.3, -0.25) is 4.79 Å². The monoisotopic (exact) mass is 232 g/mol. The highest BCUT2D eigenvalue weighted by atomic mass is 16.5. The Labute approximate surface area is 97.6 Å². The maximum atomic E-state index is 11.5. The topological polar surface area (TPSA) is 70.6 Å². The van der Waals surface area contributed by atoms with E-state index in [0.29, 0.717) is 13.0 Å². The highest BCUT2D eigenvalue weighted by Crippen LogP contribution is 1.97. The zero-order valence-electron chi connectivity index (χ0n) is 10.7. The maximum Gasteiger partial charge on any atom is 0.234 e. The molecule has 0 aromatic heterocycles. The van der Waals surface area contributed by atoms with Gasteiger partial charge in [0.2, 0.25) is 5.91 Å². The van der Waals surface area contributed by atoms with E-state index in [4.69, 9.17) is 9.84 Å². The van der Waals surface area contributed by atoms with Crippen molar-refractivity contribution >= 4 is 5.91 Å². The van der Waals surface area contributed by atoms with Crippen LogP contribution in [0.5, 0.6) is 0 Å². The van der Waals surface area contributed by atoms with Crippen LogP contribution < -0.4 is 10.6 Å². The second-order valence-electron chi connectivity index (χ2n) is 4.84. The van der Waals surface area contributed by atoms with Crippen molar-refractivity contribution in [2.24, 2.45) is 0 Å². The first kappa shape index (κ1) is 15.3. The van der Waals surface area contributed by atoms with Crippen LogP contribution in [0.2, 0.25) is 0 Å². The summed E-state index contributed by atoms with van der Waals surface area (Å²) in [7, 11) is 1.60. The molecule has 0 aromatic carbocycles. The Morgan fingerprint density at radius 3 is 2.50 bits per heavy atom. The third kappa shape index (κ3) is 8.64. The maximum absolute atomic E-state index is 11.5. The minimum Gasteiger partial charge on any atom is -0.396 e. The van der Waals surface area contributed by atoms with Gasteiger partial charge >= 0.3 is 0 Å². The second-order valence-corrected chi connectivity index (χ2v) is 4.84. The summed E-state index contributed by atoms with van der Waals surface area (Å²) in [6.45, 7) is 6.62. The summed E-state index contributed by atoms with van der Waals surface area (Å²) < 4.78 is 4.98. The van der Waals surface area contributed by atoms with Crippen molar-refractivity contribution in [3.63, 3.8) is 0 Å². The SMILES string of the molecule is COCC(CCO)NCC(=O)NC(C)(C)C. The number of hydrogen-bond acceptors (Lipinski definition) is 4. The van der Waals surface area contributed by atoms with Crippen LogP contribution >= 0.6 is 0 Å². The number of methoxy groups -OCH3 is 1. The van der Waals surface area contributed by atoms with E-state index in [2.05, 4.69) is 10.6 Å². The van der Waals surface area contributed by atoms with Crippen molar-refractivity contribution in [3.8, 4) is 0 Å². The average Bonchev–Trinajstić information content (AvgIpc) is 2.12. The van der Waals surface area contributed by atoms with Gasteiger partial charge in [-0.15, -0.1) is 0 Å².